The first-order chi connectivity index (χ1) is 13.2. The molecule has 1 amide bonds. The average Bonchev–Trinajstić information content (AvgIpc) is 2.68. The summed E-state index contributed by atoms with van der Waals surface area (Å²) in [6, 6.07) is 11.2. The van der Waals surface area contributed by atoms with Gasteiger partial charge in [0.2, 0.25) is 15.9 Å². The van der Waals surface area contributed by atoms with Crippen LogP contribution in [0.4, 0.5) is 5.69 Å². The molecule has 2 rings (SSSR count). The Balaban J connectivity index is 2.16. The third-order valence-corrected chi connectivity index (χ3v) is 6.18. The monoisotopic (exact) mass is 426 g/mol. The highest BCUT2D eigenvalue weighted by Crippen LogP contribution is 2.28. The van der Waals surface area contributed by atoms with Crippen molar-refractivity contribution in [3.63, 3.8) is 0 Å². The number of nitrogens with zero attached hydrogens (tertiary/aromatic N) is 2. The van der Waals surface area contributed by atoms with Gasteiger partial charge in [0, 0.05) is 25.8 Å². The molecule has 0 aliphatic carbocycles. The number of anilines is 1. The van der Waals surface area contributed by atoms with Gasteiger partial charge in [-0.2, -0.15) is 4.31 Å². The van der Waals surface area contributed by atoms with Crippen LogP contribution in [0, 0.1) is 0 Å². The molecule has 0 aliphatic heterocycles. The SMILES string of the molecule is CCOc1ccc(S(=O)(=O)N(C)CC(=O)N(C)c2cccc(OC)c2)cc1Cl. The fraction of sp³-hybridized carbons (Fsp3) is 0.316. The normalized spacial score (nSPS) is 11.4. The van der Waals surface area contributed by atoms with Crippen molar-refractivity contribution in [3.8, 4) is 11.5 Å². The van der Waals surface area contributed by atoms with Gasteiger partial charge >= 0.3 is 0 Å². The van der Waals surface area contributed by atoms with Gasteiger partial charge in [0.1, 0.15) is 11.5 Å². The van der Waals surface area contributed by atoms with E-state index in [-0.39, 0.29) is 16.5 Å². The van der Waals surface area contributed by atoms with Gasteiger partial charge in [-0.1, -0.05) is 17.7 Å². The molecule has 2 aromatic carbocycles. The quantitative estimate of drug-likeness (QED) is 0.648. The predicted molar refractivity (Wildman–Crippen MR) is 109 cm³/mol. The minimum Gasteiger partial charge on any atom is -0.497 e. The van der Waals surface area contributed by atoms with E-state index in [1.807, 2.05) is 0 Å². The van der Waals surface area contributed by atoms with Crippen molar-refractivity contribution in [1.82, 2.24) is 4.31 Å². The zero-order valence-electron chi connectivity index (χ0n) is 16.2. The van der Waals surface area contributed by atoms with Gasteiger partial charge < -0.3 is 14.4 Å². The zero-order chi connectivity index (χ0) is 20.9. The van der Waals surface area contributed by atoms with Gasteiger partial charge in [-0.15, -0.1) is 0 Å². The second kappa shape index (κ2) is 9.27. The highest BCUT2D eigenvalue weighted by Gasteiger charge is 2.25. The fourth-order valence-electron chi connectivity index (χ4n) is 2.44. The van der Waals surface area contributed by atoms with E-state index >= 15 is 0 Å². The number of hydrogen-bond acceptors (Lipinski definition) is 5. The molecular weight excluding hydrogens is 404 g/mol. The number of carbonyl (C=O) groups is 1. The maximum absolute atomic E-state index is 12.8. The summed E-state index contributed by atoms with van der Waals surface area (Å²) < 4.78 is 37.0. The number of sulfonamides is 1. The number of halogens is 1. The van der Waals surface area contributed by atoms with Crippen molar-refractivity contribution in [2.24, 2.45) is 0 Å². The molecule has 0 heterocycles. The van der Waals surface area contributed by atoms with Crippen molar-refractivity contribution in [2.75, 3.05) is 39.3 Å². The molecule has 28 heavy (non-hydrogen) atoms. The van der Waals surface area contributed by atoms with Crippen molar-refractivity contribution in [2.45, 2.75) is 11.8 Å². The van der Waals surface area contributed by atoms with Crippen LogP contribution in [0.3, 0.4) is 0 Å². The van der Waals surface area contributed by atoms with Gasteiger partial charge in [0.15, 0.2) is 0 Å². The Hall–Kier alpha value is -2.29. The van der Waals surface area contributed by atoms with Crippen molar-refractivity contribution in [1.29, 1.82) is 0 Å². The molecule has 9 heteroatoms. The topological polar surface area (TPSA) is 76.2 Å². The van der Waals surface area contributed by atoms with Gasteiger partial charge in [-0.05, 0) is 37.3 Å². The second-order valence-corrected chi connectivity index (χ2v) is 8.39. The maximum atomic E-state index is 12.8. The summed E-state index contributed by atoms with van der Waals surface area (Å²) in [6.07, 6.45) is 0. The van der Waals surface area contributed by atoms with Gasteiger partial charge in [0.05, 0.1) is 30.2 Å². The Morgan fingerprint density at radius 2 is 1.86 bits per heavy atom. The molecule has 0 N–H and O–H groups in total. The number of methoxy groups -OCH3 is 1. The van der Waals surface area contributed by atoms with Gasteiger partial charge in [0.25, 0.3) is 0 Å². The van der Waals surface area contributed by atoms with E-state index in [4.69, 9.17) is 21.1 Å². The molecule has 0 saturated carbocycles. The Morgan fingerprint density at radius 1 is 1.14 bits per heavy atom. The molecule has 2 aromatic rings. The Bertz CT molecular complexity index is 949. The number of carbonyl (C=O) groups excluding carboxylic acids is 1. The molecule has 7 nitrogen and oxygen atoms in total. The Labute approximate surface area is 170 Å². The lowest BCUT2D eigenvalue weighted by Gasteiger charge is -2.22. The van der Waals surface area contributed by atoms with Crippen molar-refractivity contribution in [3.05, 3.63) is 47.5 Å². The number of amides is 1. The number of hydrogen-bond donors (Lipinski definition) is 0. The van der Waals surface area contributed by atoms with E-state index in [2.05, 4.69) is 0 Å². The van der Waals surface area contributed by atoms with E-state index in [1.165, 1.54) is 37.3 Å². The third-order valence-electron chi connectivity index (χ3n) is 4.08. The smallest absolute Gasteiger partial charge is 0.243 e. The van der Waals surface area contributed by atoms with E-state index in [1.54, 1.807) is 38.2 Å². The molecular formula is C19H23ClN2O5S. The lowest BCUT2D eigenvalue weighted by atomic mass is 10.2. The van der Waals surface area contributed by atoms with Crippen molar-refractivity contribution >= 4 is 33.2 Å². The van der Waals surface area contributed by atoms with Gasteiger partial charge in [-0.25, -0.2) is 8.42 Å². The molecule has 0 unspecified atom stereocenters. The summed E-state index contributed by atoms with van der Waals surface area (Å²) in [5, 5.41) is 0.191. The predicted octanol–water partition coefficient (Wildman–Crippen LogP) is 3.03. The standard InChI is InChI=1S/C19H23ClN2O5S/c1-5-27-18-10-9-16(12-17(18)20)28(24,25)21(2)13-19(23)22(3)14-7-6-8-15(11-14)26-4/h6-12H,5,13H2,1-4H3. The summed E-state index contributed by atoms with van der Waals surface area (Å²) in [6.45, 7) is 1.89. The molecule has 0 fully saturated rings. The molecule has 0 radical (unpaired) electrons. The number of rotatable bonds is 8. The van der Waals surface area contributed by atoms with Crippen LogP contribution in [0.15, 0.2) is 47.4 Å². The molecule has 0 aliphatic rings. The number of likely N-dealkylation sites (N-methyl/N-ethyl adjacent to an activating group) is 2. The highest BCUT2D eigenvalue weighted by atomic mass is 35.5. The summed E-state index contributed by atoms with van der Waals surface area (Å²) in [7, 11) is 0.554. The first kappa shape index (κ1) is 22.0. The summed E-state index contributed by atoms with van der Waals surface area (Å²) in [5.41, 5.74) is 0.597. The minimum atomic E-state index is -3.90. The maximum Gasteiger partial charge on any atom is 0.243 e. The summed E-state index contributed by atoms with van der Waals surface area (Å²) in [5.74, 6) is 0.609. The molecule has 0 bridgehead atoms. The van der Waals surface area contributed by atoms with Crippen LogP contribution in [0.2, 0.25) is 5.02 Å². The van der Waals surface area contributed by atoms with Crippen LogP contribution in [0.5, 0.6) is 11.5 Å². The van der Waals surface area contributed by atoms with Crippen LogP contribution in [0.1, 0.15) is 6.92 Å². The number of ether oxygens (including phenoxy) is 2. The van der Waals surface area contributed by atoms with E-state index in [9.17, 15) is 13.2 Å². The van der Waals surface area contributed by atoms with Crippen LogP contribution < -0.4 is 14.4 Å². The van der Waals surface area contributed by atoms with Crippen LogP contribution in [0.25, 0.3) is 0 Å². The zero-order valence-corrected chi connectivity index (χ0v) is 17.7. The van der Waals surface area contributed by atoms with E-state index in [0.29, 0.717) is 23.8 Å². The Kier molecular flexibility index (Phi) is 7.29. The van der Waals surface area contributed by atoms with E-state index in [0.717, 1.165) is 4.31 Å². The van der Waals surface area contributed by atoms with Gasteiger partial charge in [-0.3, -0.25) is 4.79 Å². The summed E-state index contributed by atoms with van der Waals surface area (Å²) in [4.78, 5) is 13.9. The molecule has 0 atom stereocenters. The molecule has 0 aromatic heterocycles. The largest absolute Gasteiger partial charge is 0.497 e. The average molecular weight is 427 g/mol. The Morgan fingerprint density at radius 3 is 2.46 bits per heavy atom. The second-order valence-electron chi connectivity index (χ2n) is 5.94. The van der Waals surface area contributed by atoms with Crippen LogP contribution >= 0.6 is 11.6 Å². The lowest BCUT2D eigenvalue weighted by molar-refractivity contribution is -0.118. The highest BCUT2D eigenvalue weighted by molar-refractivity contribution is 7.89. The van der Waals surface area contributed by atoms with Crippen molar-refractivity contribution < 1.29 is 22.7 Å². The molecule has 0 saturated heterocycles. The fourth-order valence-corrected chi connectivity index (χ4v) is 3.89. The first-order valence-electron chi connectivity index (χ1n) is 8.50. The minimum absolute atomic E-state index is 0.0136. The first-order valence-corrected chi connectivity index (χ1v) is 10.3. The molecule has 152 valence electrons. The van der Waals surface area contributed by atoms with Crippen LogP contribution in [-0.4, -0.2) is 53.0 Å². The summed E-state index contributed by atoms with van der Waals surface area (Å²) >= 11 is 6.09. The van der Waals surface area contributed by atoms with E-state index < -0.39 is 15.9 Å². The van der Waals surface area contributed by atoms with Crippen LogP contribution in [-0.2, 0) is 14.8 Å². The molecule has 0 spiro atoms. The lowest BCUT2D eigenvalue weighted by Crippen LogP contribution is -2.39. The third kappa shape index (κ3) is 4.95. The number of benzene rings is 2.